The van der Waals surface area contributed by atoms with Crippen LogP contribution in [-0.2, 0) is 4.79 Å². The van der Waals surface area contributed by atoms with E-state index in [4.69, 9.17) is 4.74 Å². The van der Waals surface area contributed by atoms with Crippen LogP contribution in [0.1, 0.15) is 45.1 Å². The minimum atomic E-state index is -0.422. The van der Waals surface area contributed by atoms with Gasteiger partial charge in [0.2, 0.25) is 5.82 Å². The third-order valence-electron chi connectivity index (χ3n) is 4.91. The van der Waals surface area contributed by atoms with Crippen molar-refractivity contribution >= 4 is 17.4 Å². The molecule has 2 aromatic rings. The molecule has 0 bridgehead atoms. The summed E-state index contributed by atoms with van der Waals surface area (Å²) < 4.78 is 20.7. The summed E-state index contributed by atoms with van der Waals surface area (Å²) in [5, 5.41) is 2.91. The molecule has 0 spiro atoms. The molecular weight excluding hydrogens is 359 g/mol. The number of anilines is 2. The van der Waals surface area contributed by atoms with Crippen LogP contribution < -0.4 is 15.0 Å². The highest BCUT2D eigenvalue weighted by atomic mass is 19.1. The Kier molecular flexibility index (Phi) is 6.44. The summed E-state index contributed by atoms with van der Waals surface area (Å²) in [5.74, 6) is 1.28. The average Bonchev–Trinajstić information content (AvgIpc) is 3.12. The monoisotopic (exact) mass is 386 g/mol. The summed E-state index contributed by atoms with van der Waals surface area (Å²) in [6.07, 6.45) is 2.68. The van der Waals surface area contributed by atoms with E-state index in [9.17, 15) is 9.18 Å². The molecule has 0 aliphatic carbocycles. The first kappa shape index (κ1) is 20.0. The van der Waals surface area contributed by atoms with E-state index >= 15 is 0 Å². The number of ether oxygens (including phenoxy) is 1. The van der Waals surface area contributed by atoms with Crippen LogP contribution in [0.5, 0.6) is 5.75 Å². The Morgan fingerprint density at radius 1 is 1.36 bits per heavy atom. The molecule has 1 aromatic heterocycles. The highest BCUT2D eigenvalue weighted by molar-refractivity contribution is 5.76. The van der Waals surface area contributed by atoms with Crippen molar-refractivity contribution in [3.8, 4) is 5.75 Å². The van der Waals surface area contributed by atoms with Crippen molar-refractivity contribution in [3.05, 3.63) is 42.0 Å². The van der Waals surface area contributed by atoms with E-state index < -0.39 is 5.82 Å². The quantitative estimate of drug-likeness (QED) is 0.745. The van der Waals surface area contributed by atoms with Gasteiger partial charge in [-0.05, 0) is 37.5 Å². The Morgan fingerprint density at radius 3 is 2.79 bits per heavy atom. The number of carbonyl (C=O) groups excluding carboxylic acids is 1. The molecule has 1 aromatic carbocycles. The van der Waals surface area contributed by atoms with Gasteiger partial charge in [-0.2, -0.15) is 4.39 Å². The van der Waals surface area contributed by atoms with Crippen LogP contribution in [0, 0.1) is 5.82 Å². The molecule has 1 aliphatic heterocycles. The molecule has 1 N–H and O–H groups in total. The number of hydrogen-bond acceptors (Lipinski definition) is 6. The van der Waals surface area contributed by atoms with Crippen molar-refractivity contribution in [2.24, 2.45) is 0 Å². The van der Waals surface area contributed by atoms with Crippen molar-refractivity contribution in [1.82, 2.24) is 9.97 Å². The van der Waals surface area contributed by atoms with Gasteiger partial charge in [0.25, 0.3) is 0 Å². The second kappa shape index (κ2) is 8.99. The second-order valence-corrected chi connectivity index (χ2v) is 7.24. The van der Waals surface area contributed by atoms with E-state index in [2.05, 4.69) is 15.3 Å². The third kappa shape index (κ3) is 4.77. The van der Waals surface area contributed by atoms with E-state index in [0.717, 1.165) is 17.7 Å². The molecule has 0 unspecified atom stereocenters. The van der Waals surface area contributed by atoms with Crippen LogP contribution in [0.4, 0.5) is 16.0 Å². The van der Waals surface area contributed by atoms with Gasteiger partial charge in [0.05, 0.1) is 6.54 Å². The Bertz CT molecular complexity index is 813. The van der Waals surface area contributed by atoms with Crippen LogP contribution in [0.3, 0.4) is 0 Å². The van der Waals surface area contributed by atoms with Crippen molar-refractivity contribution in [3.63, 3.8) is 0 Å². The predicted molar refractivity (Wildman–Crippen MR) is 108 cm³/mol. The predicted octanol–water partition coefficient (Wildman–Crippen LogP) is 3.79. The number of halogens is 1. The van der Waals surface area contributed by atoms with Crippen LogP contribution in [0.15, 0.2) is 30.6 Å². The molecule has 1 aliphatic rings. The van der Waals surface area contributed by atoms with Crippen LogP contribution in [-0.4, -0.2) is 41.5 Å². The largest absolute Gasteiger partial charge is 0.489 e. The number of ketones is 1. The van der Waals surface area contributed by atoms with Gasteiger partial charge in [0.15, 0.2) is 11.6 Å². The molecule has 0 amide bonds. The van der Waals surface area contributed by atoms with E-state index in [1.165, 1.54) is 6.33 Å². The number of benzene rings is 1. The van der Waals surface area contributed by atoms with Gasteiger partial charge in [-0.25, -0.2) is 9.97 Å². The average molecular weight is 386 g/mol. The molecule has 2 atom stereocenters. The number of hydrogen-bond donors (Lipinski definition) is 1. The van der Waals surface area contributed by atoms with Crippen molar-refractivity contribution in [1.29, 1.82) is 0 Å². The summed E-state index contributed by atoms with van der Waals surface area (Å²) in [6, 6.07) is 7.87. The molecule has 1 fully saturated rings. The highest BCUT2D eigenvalue weighted by Crippen LogP contribution is 2.27. The zero-order chi connectivity index (χ0) is 20.1. The summed E-state index contributed by atoms with van der Waals surface area (Å²) in [4.78, 5) is 21.2. The van der Waals surface area contributed by atoms with E-state index in [-0.39, 0.29) is 23.6 Å². The molecular formula is C21H27FN4O2. The fraction of sp³-hybridized carbons (Fsp3) is 0.476. The Morgan fingerprint density at radius 2 is 2.11 bits per heavy atom. The normalized spacial score (nSPS) is 17.4. The molecule has 28 heavy (non-hydrogen) atoms. The fourth-order valence-electron chi connectivity index (χ4n) is 3.50. The van der Waals surface area contributed by atoms with E-state index in [0.29, 0.717) is 31.9 Å². The minimum Gasteiger partial charge on any atom is -0.489 e. The lowest BCUT2D eigenvalue weighted by atomic mass is 9.96. The van der Waals surface area contributed by atoms with Gasteiger partial charge in [0, 0.05) is 25.9 Å². The van der Waals surface area contributed by atoms with Gasteiger partial charge in [0.1, 0.15) is 24.0 Å². The van der Waals surface area contributed by atoms with Crippen molar-refractivity contribution in [2.75, 3.05) is 29.9 Å². The number of rotatable bonds is 8. The maximum Gasteiger partial charge on any atom is 0.207 e. The Labute approximate surface area is 165 Å². The number of carbonyl (C=O) groups is 1. The standard InChI is InChI=1S/C21H27FN4O2/c1-4-23-20-19(22)21(25-13-24-20)26-10-9-18(12-26)28-17-7-5-16(6-8-17)14(2)11-15(3)27/h5-8,13-14,18H,4,9-12H2,1-3H3,(H,23,24,25)/t14-,18-/m1/s1. The molecule has 3 rings (SSSR count). The zero-order valence-electron chi connectivity index (χ0n) is 16.6. The maximum absolute atomic E-state index is 14.6. The lowest BCUT2D eigenvalue weighted by Gasteiger charge is -2.19. The van der Waals surface area contributed by atoms with E-state index in [1.54, 1.807) is 6.92 Å². The highest BCUT2D eigenvalue weighted by Gasteiger charge is 2.28. The molecule has 1 saturated heterocycles. The van der Waals surface area contributed by atoms with Crippen LogP contribution >= 0.6 is 0 Å². The fourth-order valence-corrected chi connectivity index (χ4v) is 3.50. The lowest BCUT2D eigenvalue weighted by molar-refractivity contribution is -0.117. The first-order valence-corrected chi connectivity index (χ1v) is 9.73. The molecule has 150 valence electrons. The third-order valence-corrected chi connectivity index (χ3v) is 4.91. The maximum atomic E-state index is 14.6. The number of aromatic nitrogens is 2. The van der Waals surface area contributed by atoms with E-state index in [1.807, 2.05) is 43.0 Å². The van der Waals surface area contributed by atoms with Crippen molar-refractivity contribution in [2.45, 2.75) is 45.6 Å². The van der Waals surface area contributed by atoms with Gasteiger partial charge < -0.3 is 19.7 Å². The molecule has 7 heteroatoms. The summed E-state index contributed by atoms with van der Waals surface area (Å²) in [5.41, 5.74) is 1.12. The zero-order valence-corrected chi connectivity index (χ0v) is 16.6. The Hall–Kier alpha value is -2.70. The lowest BCUT2D eigenvalue weighted by Crippen LogP contribution is -2.26. The summed E-state index contributed by atoms with van der Waals surface area (Å²) in [6.45, 7) is 7.40. The first-order chi connectivity index (χ1) is 13.5. The molecule has 0 radical (unpaired) electrons. The second-order valence-electron chi connectivity index (χ2n) is 7.24. The molecule has 2 heterocycles. The van der Waals surface area contributed by atoms with Crippen LogP contribution in [0.25, 0.3) is 0 Å². The smallest absolute Gasteiger partial charge is 0.207 e. The van der Waals surface area contributed by atoms with Crippen molar-refractivity contribution < 1.29 is 13.9 Å². The number of nitrogens with one attached hydrogen (secondary N) is 1. The van der Waals surface area contributed by atoms with Gasteiger partial charge in [-0.1, -0.05) is 19.1 Å². The summed E-state index contributed by atoms with van der Waals surface area (Å²) in [7, 11) is 0. The number of Topliss-reactive ketones (excluding diaryl/α,β-unsaturated/α-hetero) is 1. The van der Waals surface area contributed by atoms with Gasteiger partial charge in [-0.3, -0.25) is 0 Å². The first-order valence-electron chi connectivity index (χ1n) is 9.73. The SMILES string of the molecule is CCNc1ncnc(N2CC[C@@H](Oc3ccc([C@H](C)CC(C)=O)cc3)C2)c1F. The summed E-state index contributed by atoms with van der Waals surface area (Å²) >= 11 is 0. The number of nitrogens with zero attached hydrogens (tertiary/aromatic N) is 3. The van der Waals surface area contributed by atoms with Gasteiger partial charge >= 0.3 is 0 Å². The van der Waals surface area contributed by atoms with Crippen LogP contribution in [0.2, 0.25) is 0 Å². The van der Waals surface area contributed by atoms with Gasteiger partial charge in [-0.15, -0.1) is 0 Å². The molecule has 0 saturated carbocycles. The topological polar surface area (TPSA) is 67.3 Å². The Balaban J connectivity index is 1.61. The minimum absolute atomic E-state index is 0.0301. The molecule has 6 nitrogen and oxygen atoms in total.